The summed E-state index contributed by atoms with van der Waals surface area (Å²) in [6.07, 6.45) is 1.43. The van der Waals surface area contributed by atoms with E-state index in [0.717, 1.165) is 11.3 Å². The van der Waals surface area contributed by atoms with Crippen LogP contribution in [0, 0.1) is 10.1 Å². The summed E-state index contributed by atoms with van der Waals surface area (Å²) in [5, 5.41) is 18.4. The largest absolute Gasteiger partial charge is 0.496 e. The van der Waals surface area contributed by atoms with Crippen LogP contribution in [0.3, 0.4) is 0 Å². The Hall–Kier alpha value is -3.17. The first-order valence-corrected chi connectivity index (χ1v) is 9.18. The van der Waals surface area contributed by atoms with Crippen LogP contribution >= 0.6 is 22.9 Å². The molecule has 0 atom stereocenters. The Kier molecular flexibility index (Phi) is 6.07. The topological polar surface area (TPSA) is 98.9 Å². The first-order chi connectivity index (χ1) is 13.5. The first kappa shape index (κ1) is 19.6. The second-order valence-electron chi connectivity index (χ2n) is 5.44. The Labute approximate surface area is 169 Å². The molecular formula is C18H15ClN4O4S. The third-order valence-electron chi connectivity index (χ3n) is 3.74. The van der Waals surface area contributed by atoms with E-state index >= 15 is 0 Å². The van der Waals surface area contributed by atoms with Crippen LogP contribution < -0.4 is 14.9 Å². The first-order valence-electron chi connectivity index (χ1n) is 7.92. The van der Waals surface area contributed by atoms with Crippen LogP contribution in [0.25, 0.3) is 11.3 Å². The van der Waals surface area contributed by atoms with Gasteiger partial charge in [0.15, 0.2) is 0 Å². The molecule has 0 aliphatic carbocycles. The normalized spacial score (nSPS) is 10.8. The van der Waals surface area contributed by atoms with Gasteiger partial charge < -0.3 is 9.47 Å². The number of benzene rings is 2. The maximum atomic E-state index is 11.2. The Balaban J connectivity index is 1.78. The number of hydrazone groups is 1. The number of aromatic nitrogens is 1. The SMILES string of the molecule is COc1cc(OC)c([N+](=O)[O-])cc1/C=N\Nc1nc(-c2ccc(Cl)cc2)cs1. The zero-order valence-corrected chi connectivity index (χ0v) is 16.5. The minimum atomic E-state index is -0.526. The molecular weight excluding hydrogens is 404 g/mol. The number of methoxy groups -OCH3 is 2. The number of hydrogen-bond acceptors (Lipinski definition) is 8. The summed E-state index contributed by atoms with van der Waals surface area (Å²) >= 11 is 7.28. The smallest absolute Gasteiger partial charge is 0.311 e. The number of thiazole rings is 1. The van der Waals surface area contributed by atoms with Crippen molar-refractivity contribution in [1.82, 2.24) is 4.98 Å². The molecule has 1 heterocycles. The van der Waals surface area contributed by atoms with E-state index in [9.17, 15) is 10.1 Å². The van der Waals surface area contributed by atoms with Gasteiger partial charge in [-0.3, -0.25) is 15.5 Å². The lowest BCUT2D eigenvalue weighted by atomic mass is 10.1. The highest BCUT2D eigenvalue weighted by molar-refractivity contribution is 7.14. The van der Waals surface area contributed by atoms with E-state index in [1.165, 1.54) is 43.9 Å². The molecule has 1 aromatic heterocycles. The molecule has 10 heteroatoms. The highest BCUT2D eigenvalue weighted by Crippen LogP contribution is 2.33. The van der Waals surface area contributed by atoms with E-state index in [2.05, 4.69) is 15.5 Å². The number of nitro benzene ring substituents is 1. The van der Waals surface area contributed by atoms with Gasteiger partial charge >= 0.3 is 5.69 Å². The van der Waals surface area contributed by atoms with Crippen molar-refractivity contribution < 1.29 is 14.4 Å². The zero-order chi connectivity index (χ0) is 20.1. The molecule has 0 aliphatic rings. The second kappa shape index (κ2) is 8.68. The monoisotopic (exact) mass is 418 g/mol. The minimum Gasteiger partial charge on any atom is -0.496 e. The molecule has 3 aromatic rings. The van der Waals surface area contributed by atoms with Gasteiger partial charge in [-0.25, -0.2) is 4.98 Å². The summed E-state index contributed by atoms with van der Waals surface area (Å²) in [5.74, 6) is 0.508. The van der Waals surface area contributed by atoms with Crippen LogP contribution in [0.15, 0.2) is 46.9 Å². The molecule has 0 spiro atoms. The average Bonchev–Trinajstić information content (AvgIpc) is 3.16. The molecule has 0 bridgehead atoms. The number of hydrogen-bond donors (Lipinski definition) is 1. The number of ether oxygens (including phenoxy) is 2. The van der Waals surface area contributed by atoms with Gasteiger partial charge in [-0.15, -0.1) is 11.3 Å². The third-order valence-corrected chi connectivity index (χ3v) is 4.73. The average molecular weight is 419 g/mol. The molecule has 0 saturated heterocycles. The summed E-state index contributed by atoms with van der Waals surface area (Å²) in [4.78, 5) is 15.1. The van der Waals surface area contributed by atoms with E-state index in [1.54, 1.807) is 12.1 Å². The fourth-order valence-electron chi connectivity index (χ4n) is 2.39. The quantitative estimate of drug-likeness (QED) is 0.335. The van der Waals surface area contributed by atoms with Gasteiger partial charge in [-0.1, -0.05) is 23.7 Å². The second-order valence-corrected chi connectivity index (χ2v) is 6.73. The Bertz CT molecular complexity index is 1020. The highest BCUT2D eigenvalue weighted by Gasteiger charge is 2.18. The van der Waals surface area contributed by atoms with Crippen LogP contribution in [0.1, 0.15) is 5.56 Å². The molecule has 144 valence electrons. The highest BCUT2D eigenvalue weighted by atomic mass is 35.5. The Morgan fingerprint density at radius 3 is 2.57 bits per heavy atom. The molecule has 28 heavy (non-hydrogen) atoms. The number of nitrogens with one attached hydrogen (secondary N) is 1. The van der Waals surface area contributed by atoms with Gasteiger partial charge in [0.05, 0.1) is 31.1 Å². The summed E-state index contributed by atoms with van der Waals surface area (Å²) in [6, 6.07) is 10.1. The zero-order valence-electron chi connectivity index (χ0n) is 14.9. The number of halogens is 1. The van der Waals surface area contributed by atoms with Crippen LogP contribution in [-0.4, -0.2) is 30.3 Å². The molecule has 0 amide bonds. The Morgan fingerprint density at radius 2 is 1.93 bits per heavy atom. The number of anilines is 1. The molecule has 0 radical (unpaired) electrons. The van der Waals surface area contributed by atoms with Gasteiger partial charge in [-0.05, 0) is 12.1 Å². The van der Waals surface area contributed by atoms with Crippen molar-refractivity contribution in [2.75, 3.05) is 19.6 Å². The number of nitrogens with zero attached hydrogens (tertiary/aromatic N) is 3. The maximum absolute atomic E-state index is 11.2. The molecule has 0 aliphatic heterocycles. The molecule has 0 fully saturated rings. The molecule has 0 saturated carbocycles. The van der Waals surface area contributed by atoms with Crippen molar-refractivity contribution in [3.8, 4) is 22.8 Å². The Morgan fingerprint density at radius 1 is 1.21 bits per heavy atom. The van der Waals surface area contributed by atoms with Crippen molar-refractivity contribution in [2.45, 2.75) is 0 Å². The van der Waals surface area contributed by atoms with Gasteiger partial charge in [0, 0.05) is 33.7 Å². The summed E-state index contributed by atoms with van der Waals surface area (Å²) in [5.41, 5.74) is 4.79. The van der Waals surface area contributed by atoms with Crippen molar-refractivity contribution in [2.24, 2.45) is 5.10 Å². The lowest BCUT2D eigenvalue weighted by molar-refractivity contribution is -0.385. The molecule has 3 rings (SSSR count). The van der Waals surface area contributed by atoms with E-state index in [0.29, 0.717) is 21.5 Å². The third kappa shape index (κ3) is 4.38. The lowest BCUT2D eigenvalue weighted by Crippen LogP contribution is -1.99. The van der Waals surface area contributed by atoms with Crippen molar-refractivity contribution in [1.29, 1.82) is 0 Å². The minimum absolute atomic E-state index is 0.111. The van der Waals surface area contributed by atoms with Crippen LogP contribution in [0.2, 0.25) is 5.02 Å². The lowest BCUT2D eigenvalue weighted by Gasteiger charge is -2.08. The van der Waals surface area contributed by atoms with Crippen molar-refractivity contribution in [3.05, 3.63) is 62.5 Å². The number of rotatable bonds is 7. The van der Waals surface area contributed by atoms with E-state index < -0.39 is 4.92 Å². The molecule has 8 nitrogen and oxygen atoms in total. The standard InChI is InChI=1S/C18H15ClN4O4S/c1-26-16-8-17(27-2)15(23(24)25)7-12(16)9-20-22-18-21-14(10-28-18)11-3-5-13(19)6-4-11/h3-10H,1-2H3,(H,21,22)/b20-9-. The maximum Gasteiger partial charge on any atom is 0.311 e. The molecule has 0 unspecified atom stereocenters. The summed E-state index contributed by atoms with van der Waals surface area (Å²) in [6.45, 7) is 0. The van der Waals surface area contributed by atoms with Gasteiger partial charge in [0.25, 0.3) is 0 Å². The van der Waals surface area contributed by atoms with Crippen molar-refractivity contribution in [3.63, 3.8) is 0 Å². The van der Waals surface area contributed by atoms with Crippen molar-refractivity contribution >= 4 is 40.0 Å². The van der Waals surface area contributed by atoms with E-state index in [-0.39, 0.29) is 11.4 Å². The van der Waals surface area contributed by atoms with Crippen LogP contribution in [-0.2, 0) is 0 Å². The van der Waals surface area contributed by atoms with E-state index in [1.807, 2.05) is 17.5 Å². The summed E-state index contributed by atoms with van der Waals surface area (Å²) < 4.78 is 10.3. The van der Waals surface area contributed by atoms with E-state index in [4.69, 9.17) is 21.1 Å². The predicted octanol–water partition coefficient (Wildman–Crippen LogP) is 4.83. The predicted molar refractivity (Wildman–Crippen MR) is 110 cm³/mol. The van der Waals surface area contributed by atoms with Gasteiger partial charge in [0.2, 0.25) is 10.9 Å². The van der Waals surface area contributed by atoms with Crippen LogP contribution in [0.5, 0.6) is 11.5 Å². The van der Waals surface area contributed by atoms with Gasteiger partial charge in [-0.2, -0.15) is 5.10 Å². The fraction of sp³-hybridized carbons (Fsp3) is 0.111. The summed E-state index contributed by atoms with van der Waals surface area (Å²) in [7, 11) is 2.82. The van der Waals surface area contributed by atoms with Crippen LogP contribution in [0.4, 0.5) is 10.8 Å². The number of nitro groups is 1. The molecule has 2 aromatic carbocycles. The fourth-order valence-corrected chi connectivity index (χ4v) is 3.18. The molecule has 1 N–H and O–H groups in total. The van der Waals surface area contributed by atoms with Gasteiger partial charge in [0.1, 0.15) is 5.75 Å².